The second kappa shape index (κ2) is 16.1. The maximum atomic E-state index is 5.96. The lowest BCUT2D eigenvalue weighted by atomic mass is 9.79. The van der Waals surface area contributed by atoms with E-state index in [9.17, 15) is 0 Å². The van der Waals surface area contributed by atoms with Crippen molar-refractivity contribution in [2.24, 2.45) is 0 Å². The second-order valence-electron chi connectivity index (χ2n) is 16.5. The summed E-state index contributed by atoms with van der Waals surface area (Å²) in [6.07, 6.45) is 0. The Morgan fingerprint density at radius 1 is 0.560 bits per heavy atom. The maximum Gasteiger partial charge on any atom is 0.494 e. The minimum absolute atomic E-state index is 0.188. The standard InChI is InChI=1S/C19H24O.C13H19BO3.C12H17Br/c1-13-11-16(19(3,4)5)12-14(2)18(13)15-7-9-17(20-6)10-8-15;1-12(2)13(3,4)17-14(16-12)10-6-8-11(15-5)9-7-10;1-8-6-10(12(3,4)5)7-9(2)11(8)13/h7-12H,1-6H3;6-9H,1-5H3;6-7H,1-5H3. The predicted octanol–water partition coefficient (Wildman–Crippen LogP) is 11.6. The molecule has 1 aliphatic rings. The van der Waals surface area contributed by atoms with Crippen LogP contribution in [0.5, 0.6) is 11.5 Å². The van der Waals surface area contributed by atoms with Crippen LogP contribution in [0.3, 0.4) is 0 Å². The molecule has 0 bridgehead atoms. The van der Waals surface area contributed by atoms with E-state index >= 15 is 0 Å². The fraction of sp³-hybridized carbons (Fsp3) is 0.455. The number of benzene rings is 4. The summed E-state index contributed by atoms with van der Waals surface area (Å²) >= 11 is 3.58. The molecule has 50 heavy (non-hydrogen) atoms. The number of ether oxygens (including phenoxy) is 2. The third-order valence-electron chi connectivity index (χ3n) is 9.72. The van der Waals surface area contributed by atoms with Crippen LogP contribution in [0.1, 0.15) is 103 Å². The smallest absolute Gasteiger partial charge is 0.494 e. The summed E-state index contributed by atoms with van der Waals surface area (Å²) in [6.45, 7) is 30.4. The quantitative estimate of drug-likeness (QED) is 0.195. The molecule has 270 valence electrons. The van der Waals surface area contributed by atoms with Crippen molar-refractivity contribution < 1.29 is 18.8 Å². The fourth-order valence-electron chi connectivity index (χ4n) is 5.73. The van der Waals surface area contributed by atoms with Gasteiger partial charge in [-0.25, -0.2) is 0 Å². The van der Waals surface area contributed by atoms with E-state index in [1.807, 2.05) is 36.4 Å². The highest BCUT2D eigenvalue weighted by molar-refractivity contribution is 9.10. The third-order valence-corrected chi connectivity index (χ3v) is 11.0. The van der Waals surface area contributed by atoms with Gasteiger partial charge in [0.25, 0.3) is 0 Å². The molecule has 1 heterocycles. The maximum absolute atomic E-state index is 5.96. The van der Waals surface area contributed by atoms with Crippen LogP contribution in [0, 0.1) is 27.7 Å². The average molecular weight is 744 g/mol. The van der Waals surface area contributed by atoms with E-state index < -0.39 is 0 Å². The summed E-state index contributed by atoms with van der Waals surface area (Å²) in [6, 6.07) is 25.2. The molecular formula is C44H60BBrO4. The average Bonchev–Trinajstić information content (AvgIpc) is 3.25. The molecule has 0 aliphatic carbocycles. The molecule has 4 aromatic rings. The highest BCUT2D eigenvalue weighted by atomic mass is 79.9. The fourth-order valence-corrected chi connectivity index (χ4v) is 5.96. The van der Waals surface area contributed by atoms with Gasteiger partial charge in [-0.2, -0.15) is 0 Å². The number of halogens is 1. The third kappa shape index (κ3) is 10.3. The molecule has 6 heteroatoms. The van der Waals surface area contributed by atoms with E-state index in [1.54, 1.807) is 14.2 Å². The highest BCUT2D eigenvalue weighted by Crippen LogP contribution is 2.37. The Balaban J connectivity index is 0.000000208. The number of methoxy groups -OCH3 is 2. The molecule has 0 spiro atoms. The molecule has 1 fully saturated rings. The van der Waals surface area contributed by atoms with Gasteiger partial charge in [-0.1, -0.05) is 106 Å². The van der Waals surface area contributed by atoms with E-state index in [0.29, 0.717) is 0 Å². The Kier molecular flexibility index (Phi) is 13.3. The van der Waals surface area contributed by atoms with Crippen LogP contribution in [0.2, 0.25) is 0 Å². The molecule has 0 radical (unpaired) electrons. The topological polar surface area (TPSA) is 36.9 Å². The minimum atomic E-state index is -0.300. The van der Waals surface area contributed by atoms with Gasteiger partial charge in [-0.15, -0.1) is 0 Å². The van der Waals surface area contributed by atoms with Crippen LogP contribution >= 0.6 is 15.9 Å². The van der Waals surface area contributed by atoms with Gasteiger partial charge >= 0.3 is 7.12 Å². The van der Waals surface area contributed by atoms with E-state index in [0.717, 1.165) is 17.0 Å². The lowest BCUT2D eigenvalue weighted by molar-refractivity contribution is 0.00578. The molecule has 0 atom stereocenters. The van der Waals surface area contributed by atoms with Gasteiger partial charge in [-0.05, 0) is 140 Å². The normalized spacial score (nSPS) is 15.0. The Morgan fingerprint density at radius 3 is 1.24 bits per heavy atom. The van der Waals surface area contributed by atoms with Crippen LogP contribution < -0.4 is 14.9 Å². The summed E-state index contributed by atoms with van der Waals surface area (Å²) < 4.78 is 23.5. The molecular weight excluding hydrogens is 683 g/mol. The van der Waals surface area contributed by atoms with Crippen molar-refractivity contribution in [1.82, 2.24) is 0 Å². The first-order chi connectivity index (χ1) is 23.0. The first kappa shape index (κ1) is 41.4. The number of aryl methyl sites for hydroxylation is 4. The molecule has 1 saturated heterocycles. The summed E-state index contributed by atoms with van der Waals surface area (Å²) in [5.41, 5.74) is 11.6. The minimum Gasteiger partial charge on any atom is -0.497 e. The van der Waals surface area contributed by atoms with Crippen LogP contribution in [0.25, 0.3) is 11.1 Å². The van der Waals surface area contributed by atoms with E-state index in [1.165, 1.54) is 49.0 Å². The zero-order valence-corrected chi connectivity index (χ0v) is 35.1. The largest absolute Gasteiger partial charge is 0.497 e. The monoisotopic (exact) mass is 742 g/mol. The first-order valence-electron chi connectivity index (χ1n) is 17.5. The van der Waals surface area contributed by atoms with E-state index in [4.69, 9.17) is 18.8 Å². The first-order valence-corrected chi connectivity index (χ1v) is 18.3. The van der Waals surface area contributed by atoms with Gasteiger partial charge in [0, 0.05) is 4.47 Å². The van der Waals surface area contributed by atoms with E-state index in [-0.39, 0.29) is 29.2 Å². The van der Waals surface area contributed by atoms with Gasteiger partial charge in [-0.3, -0.25) is 0 Å². The second-order valence-corrected chi connectivity index (χ2v) is 17.3. The Morgan fingerprint density at radius 2 is 0.900 bits per heavy atom. The number of rotatable bonds is 4. The van der Waals surface area contributed by atoms with Crippen LogP contribution in [0.4, 0.5) is 0 Å². The van der Waals surface area contributed by atoms with Crippen molar-refractivity contribution in [3.05, 3.63) is 111 Å². The molecule has 1 aliphatic heterocycles. The van der Waals surface area contributed by atoms with Gasteiger partial charge in [0.15, 0.2) is 0 Å². The van der Waals surface area contributed by atoms with E-state index in [2.05, 4.69) is 149 Å². The van der Waals surface area contributed by atoms with Crippen molar-refractivity contribution >= 4 is 28.5 Å². The Bertz CT molecular complexity index is 1660. The van der Waals surface area contributed by atoms with Gasteiger partial charge in [0.2, 0.25) is 0 Å². The molecule has 4 nitrogen and oxygen atoms in total. The molecule has 4 aromatic carbocycles. The van der Waals surface area contributed by atoms with Crippen LogP contribution in [-0.2, 0) is 20.1 Å². The molecule has 0 aromatic heterocycles. The van der Waals surface area contributed by atoms with Crippen LogP contribution in [-0.4, -0.2) is 32.5 Å². The SMILES string of the molecule is COc1ccc(-c2c(C)cc(C(C)(C)C)cc2C)cc1.COc1ccc(B2OC(C)(C)C(C)(C)O2)cc1.Cc1cc(C(C)(C)C)cc(C)c1Br. The lowest BCUT2D eigenvalue weighted by Gasteiger charge is -2.32. The summed E-state index contributed by atoms with van der Waals surface area (Å²) in [5.74, 6) is 1.74. The summed E-state index contributed by atoms with van der Waals surface area (Å²) in [7, 11) is 3.05. The Labute approximate surface area is 312 Å². The van der Waals surface area contributed by atoms with Gasteiger partial charge in [0.05, 0.1) is 25.4 Å². The number of hydrogen-bond acceptors (Lipinski definition) is 4. The zero-order valence-electron chi connectivity index (χ0n) is 33.5. The van der Waals surface area contributed by atoms with Crippen molar-refractivity contribution in [2.45, 2.75) is 119 Å². The van der Waals surface area contributed by atoms with Crippen molar-refractivity contribution in [3.63, 3.8) is 0 Å². The molecule has 0 unspecified atom stereocenters. The highest BCUT2D eigenvalue weighted by Gasteiger charge is 2.51. The zero-order chi connectivity index (χ0) is 37.8. The van der Waals surface area contributed by atoms with Crippen molar-refractivity contribution in [2.75, 3.05) is 14.2 Å². The van der Waals surface area contributed by atoms with Crippen molar-refractivity contribution in [1.29, 1.82) is 0 Å². The molecule has 5 rings (SSSR count). The molecule has 0 amide bonds. The summed E-state index contributed by atoms with van der Waals surface area (Å²) in [5, 5.41) is 0. The molecule has 0 saturated carbocycles. The number of hydrogen-bond donors (Lipinski definition) is 0. The predicted molar refractivity (Wildman–Crippen MR) is 218 cm³/mol. The Hall–Kier alpha value is -3.06. The summed E-state index contributed by atoms with van der Waals surface area (Å²) in [4.78, 5) is 0. The van der Waals surface area contributed by atoms with Gasteiger partial charge < -0.3 is 18.8 Å². The van der Waals surface area contributed by atoms with Crippen molar-refractivity contribution in [3.8, 4) is 22.6 Å². The molecule has 0 N–H and O–H groups in total. The van der Waals surface area contributed by atoms with Crippen LogP contribution in [0.15, 0.2) is 77.3 Å². The van der Waals surface area contributed by atoms with Gasteiger partial charge in [0.1, 0.15) is 11.5 Å². The lowest BCUT2D eigenvalue weighted by Crippen LogP contribution is -2.41.